The van der Waals surface area contributed by atoms with Crippen molar-refractivity contribution in [1.29, 1.82) is 0 Å². The van der Waals surface area contributed by atoms with Gasteiger partial charge in [-0.05, 0) is 24.6 Å². The van der Waals surface area contributed by atoms with Crippen LogP contribution in [0.4, 0.5) is 11.6 Å². The minimum absolute atomic E-state index is 0.0848. The van der Waals surface area contributed by atoms with Crippen LogP contribution < -0.4 is 10.6 Å². The van der Waals surface area contributed by atoms with E-state index in [0.717, 1.165) is 24.0 Å². The third-order valence-electron chi connectivity index (χ3n) is 2.98. The summed E-state index contributed by atoms with van der Waals surface area (Å²) < 4.78 is 0. The Labute approximate surface area is 126 Å². The third kappa shape index (κ3) is 4.41. The Morgan fingerprint density at radius 1 is 1.00 bits per heavy atom. The Balaban J connectivity index is 2.19. The van der Waals surface area contributed by atoms with Crippen LogP contribution in [-0.2, 0) is 12.0 Å². The Hall–Kier alpha value is -2.17. The lowest BCUT2D eigenvalue weighted by Gasteiger charge is -2.19. The molecule has 2 heterocycles. The molecule has 2 aromatic heterocycles. The molecule has 0 spiro atoms. The van der Waals surface area contributed by atoms with E-state index in [-0.39, 0.29) is 5.41 Å². The first-order valence-corrected chi connectivity index (χ1v) is 7.25. The van der Waals surface area contributed by atoms with Crippen LogP contribution in [-0.4, -0.2) is 21.5 Å². The summed E-state index contributed by atoms with van der Waals surface area (Å²) in [4.78, 5) is 13.2. The largest absolute Gasteiger partial charge is 0.370 e. The molecule has 112 valence electrons. The number of pyridine rings is 1. The number of anilines is 2. The van der Waals surface area contributed by atoms with E-state index >= 15 is 0 Å². The van der Waals surface area contributed by atoms with Crippen molar-refractivity contribution in [2.24, 2.45) is 0 Å². The number of aromatic nitrogens is 3. The monoisotopic (exact) mass is 285 g/mol. The first-order valence-electron chi connectivity index (χ1n) is 7.25. The van der Waals surface area contributed by atoms with Gasteiger partial charge in [-0.1, -0.05) is 20.8 Å². The molecule has 0 aliphatic heterocycles. The van der Waals surface area contributed by atoms with E-state index in [1.54, 1.807) is 12.4 Å². The van der Waals surface area contributed by atoms with E-state index in [9.17, 15) is 0 Å². The second kappa shape index (κ2) is 6.52. The Kier molecular flexibility index (Phi) is 4.73. The topological polar surface area (TPSA) is 62.7 Å². The predicted molar refractivity (Wildman–Crippen MR) is 86.5 cm³/mol. The van der Waals surface area contributed by atoms with Crippen LogP contribution >= 0.6 is 0 Å². The van der Waals surface area contributed by atoms with Crippen LogP contribution in [0.1, 0.15) is 39.1 Å². The maximum Gasteiger partial charge on any atom is 0.138 e. The molecule has 0 saturated carbocycles. The van der Waals surface area contributed by atoms with E-state index in [2.05, 4.69) is 53.3 Å². The molecule has 5 heteroatoms. The zero-order valence-corrected chi connectivity index (χ0v) is 13.1. The highest BCUT2D eigenvalue weighted by molar-refractivity contribution is 5.48. The second-order valence-corrected chi connectivity index (χ2v) is 5.95. The van der Waals surface area contributed by atoms with Crippen LogP contribution in [0, 0.1) is 0 Å². The van der Waals surface area contributed by atoms with Crippen LogP contribution in [0.5, 0.6) is 0 Å². The highest BCUT2D eigenvalue weighted by Gasteiger charge is 2.19. The van der Waals surface area contributed by atoms with Crippen molar-refractivity contribution in [3.05, 3.63) is 42.0 Å². The summed E-state index contributed by atoms with van der Waals surface area (Å²) in [6, 6.07) is 5.92. The maximum absolute atomic E-state index is 4.62. The first-order chi connectivity index (χ1) is 9.99. The molecular formula is C16H23N5. The van der Waals surface area contributed by atoms with E-state index < -0.39 is 0 Å². The standard InChI is InChI=1S/C16H23N5/c1-5-18-13-10-14(21-15(20-13)16(2,3)4)19-11-12-6-8-17-9-7-12/h6-10H,5,11H2,1-4H3,(H2,18,19,20,21). The van der Waals surface area contributed by atoms with Gasteiger partial charge in [0.15, 0.2) is 0 Å². The average Bonchev–Trinajstić information content (AvgIpc) is 2.45. The molecule has 0 fully saturated rings. The number of hydrogen-bond donors (Lipinski definition) is 2. The van der Waals surface area contributed by atoms with Crippen molar-refractivity contribution >= 4 is 11.6 Å². The van der Waals surface area contributed by atoms with Gasteiger partial charge < -0.3 is 10.6 Å². The maximum atomic E-state index is 4.62. The van der Waals surface area contributed by atoms with Crippen molar-refractivity contribution in [2.75, 3.05) is 17.2 Å². The third-order valence-corrected chi connectivity index (χ3v) is 2.98. The molecule has 0 atom stereocenters. The molecule has 0 saturated heterocycles. The van der Waals surface area contributed by atoms with Gasteiger partial charge in [-0.2, -0.15) is 0 Å². The van der Waals surface area contributed by atoms with Crippen molar-refractivity contribution < 1.29 is 0 Å². The summed E-state index contributed by atoms with van der Waals surface area (Å²) in [6.45, 7) is 9.96. The van der Waals surface area contributed by atoms with Gasteiger partial charge in [0.1, 0.15) is 17.5 Å². The van der Waals surface area contributed by atoms with Crippen LogP contribution in [0.3, 0.4) is 0 Å². The summed E-state index contributed by atoms with van der Waals surface area (Å²) in [5.74, 6) is 2.52. The summed E-state index contributed by atoms with van der Waals surface area (Å²) in [5.41, 5.74) is 1.09. The van der Waals surface area contributed by atoms with Gasteiger partial charge in [0, 0.05) is 37.0 Å². The van der Waals surface area contributed by atoms with E-state index in [1.165, 1.54) is 5.56 Å². The molecule has 0 aliphatic carbocycles. The molecule has 21 heavy (non-hydrogen) atoms. The first kappa shape index (κ1) is 15.2. The van der Waals surface area contributed by atoms with Crippen molar-refractivity contribution in [1.82, 2.24) is 15.0 Å². The van der Waals surface area contributed by atoms with Crippen LogP contribution in [0.25, 0.3) is 0 Å². The number of nitrogens with zero attached hydrogens (tertiary/aromatic N) is 3. The van der Waals surface area contributed by atoms with Crippen LogP contribution in [0.15, 0.2) is 30.6 Å². The Morgan fingerprint density at radius 3 is 2.19 bits per heavy atom. The molecule has 2 rings (SSSR count). The van der Waals surface area contributed by atoms with E-state index in [4.69, 9.17) is 0 Å². The fourth-order valence-electron chi connectivity index (χ4n) is 1.84. The van der Waals surface area contributed by atoms with Gasteiger partial charge in [0.05, 0.1) is 0 Å². The molecule has 2 N–H and O–H groups in total. The number of nitrogens with one attached hydrogen (secondary N) is 2. The minimum atomic E-state index is -0.0848. The lowest BCUT2D eigenvalue weighted by atomic mass is 9.96. The van der Waals surface area contributed by atoms with Crippen molar-refractivity contribution in [2.45, 2.75) is 39.7 Å². The second-order valence-electron chi connectivity index (χ2n) is 5.95. The smallest absolute Gasteiger partial charge is 0.138 e. The normalized spacial score (nSPS) is 11.2. The highest BCUT2D eigenvalue weighted by Crippen LogP contribution is 2.22. The average molecular weight is 285 g/mol. The summed E-state index contributed by atoms with van der Waals surface area (Å²) in [5, 5.41) is 6.61. The zero-order chi connectivity index (χ0) is 15.3. The molecule has 5 nitrogen and oxygen atoms in total. The van der Waals surface area contributed by atoms with Gasteiger partial charge in [-0.3, -0.25) is 4.98 Å². The van der Waals surface area contributed by atoms with Gasteiger partial charge in [-0.15, -0.1) is 0 Å². The number of rotatable bonds is 5. The van der Waals surface area contributed by atoms with E-state index in [0.29, 0.717) is 6.54 Å². The Bertz CT molecular complexity index is 575. The van der Waals surface area contributed by atoms with Gasteiger partial charge in [0.2, 0.25) is 0 Å². The molecule has 0 aromatic carbocycles. The number of hydrogen-bond acceptors (Lipinski definition) is 5. The highest BCUT2D eigenvalue weighted by atomic mass is 15.1. The molecule has 0 radical (unpaired) electrons. The molecule has 2 aromatic rings. The Morgan fingerprint density at radius 2 is 1.62 bits per heavy atom. The lowest BCUT2D eigenvalue weighted by molar-refractivity contribution is 0.546. The molecular weight excluding hydrogens is 262 g/mol. The summed E-state index contributed by atoms with van der Waals surface area (Å²) in [6.07, 6.45) is 3.59. The van der Waals surface area contributed by atoms with Gasteiger partial charge >= 0.3 is 0 Å². The summed E-state index contributed by atoms with van der Waals surface area (Å²) in [7, 11) is 0. The zero-order valence-electron chi connectivity index (χ0n) is 13.1. The molecule has 0 aliphatic rings. The molecule has 0 unspecified atom stereocenters. The van der Waals surface area contributed by atoms with Crippen molar-refractivity contribution in [3.8, 4) is 0 Å². The van der Waals surface area contributed by atoms with E-state index in [1.807, 2.05) is 18.2 Å². The van der Waals surface area contributed by atoms with Gasteiger partial charge in [-0.25, -0.2) is 9.97 Å². The van der Waals surface area contributed by atoms with Crippen molar-refractivity contribution in [3.63, 3.8) is 0 Å². The minimum Gasteiger partial charge on any atom is -0.370 e. The lowest BCUT2D eigenvalue weighted by Crippen LogP contribution is -2.18. The fraction of sp³-hybridized carbons (Fsp3) is 0.438. The summed E-state index contributed by atoms with van der Waals surface area (Å²) >= 11 is 0. The van der Waals surface area contributed by atoms with Crippen LogP contribution in [0.2, 0.25) is 0 Å². The quantitative estimate of drug-likeness (QED) is 0.883. The molecule has 0 amide bonds. The fourth-order valence-corrected chi connectivity index (χ4v) is 1.84. The predicted octanol–water partition coefficient (Wildman–Crippen LogP) is 3.21. The molecule has 0 bridgehead atoms. The van der Waals surface area contributed by atoms with Gasteiger partial charge in [0.25, 0.3) is 0 Å². The SMILES string of the molecule is CCNc1cc(NCc2ccncc2)nc(C(C)(C)C)n1.